The van der Waals surface area contributed by atoms with Gasteiger partial charge in [0.15, 0.2) is 0 Å². The van der Waals surface area contributed by atoms with Crippen LogP contribution in [0.3, 0.4) is 0 Å². The highest BCUT2D eigenvalue weighted by molar-refractivity contribution is 5.74. The highest BCUT2D eigenvalue weighted by atomic mass is 16.5. The lowest BCUT2D eigenvalue weighted by Crippen LogP contribution is -2.37. The summed E-state index contributed by atoms with van der Waals surface area (Å²) in [4.78, 5) is 13.5. The number of benzene rings is 1. The first-order valence-corrected chi connectivity index (χ1v) is 8.46. The summed E-state index contributed by atoms with van der Waals surface area (Å²) in [5.41, 5.74) is 8.44. The maximum Gasteiger partial charge on any atom is 0.219 e. The van der Waals surface area contributed by atoms with Crippen LogP contribution in [-0.4, -0.2) is 35.3 Å². The number of carbonyl (C=O) groups excluding carboxylic acids is 1. The first-order chi connectivity index (χ1) is 11.0. The number of rotatable bonds is 7. The number of aliphatic hydroxyl groups is 1. The number of fused-ring (bicyclic) bond motifs is 1. The third kappa shape index (κ3) is 4.69. The second-order valence-corrected chi connectivity index (χ2v) is 6.23. The Morgan fingerprint density at radius 3 is 2.91 bits per heavy atom. The van der Waals surface area contributed by atoms with Crippen LogP contribution in [0, 0.1) is 0 Å². The van der Waals surface area contributed by atoms with Crippen LogP contribution in [0.4, 0.5) is 0 Å². The van der Waals surface area contributed by atoms with Gasteiger partial charge in [-0.25, -0.2) is 0 Å². The van der Waals surface area contributed by atoms with E-state index in [1.54, 1.807) is 6.92 Å². The van der Waals surface area contributed by atoms with Crippen molar-refractivity contribution in [3.63, 3.8) is 0 Å². The minimum Gasteiger partial charge on any atom is -0.476 e. The molecular weight excluding hydrogens is 292 g/mol. The summed E-state index contributed by atoms with van der Waals surface area (Å²) in [6, 6.07) is 6.14. The molecule has 0 aromatic heterocycles. The minimum absolute atomic E-state index is 0.109. The lowest BCUT2D eigenvalue weighted by Gasteiger charge is -2.34. The van der Waals surface area contributed by atoms with Gasteiger partial charge in [-0.1, -0.05) is 12.5 Å². The van der Waals surface area contributed by atoms with Crippen molar-refractivity contribution in [2.45, 2.75) is 58.2 Å². The van der Waals surface area contributed by atoms with Gasteiger partial charge >= 0.3 is 0 Å². The number of amides is 1. The molecule has 5 heteroatoms. The molecule has 1 aromatic carbocycles. The Labute approximate surface area is 138 Å². The number of hydrogen-bond donors (Lipinski definition) is 2. The SMILES string of the molecule is CC(=O)N1CCc2cc(OC(N)CCCCCO)ccc2C1C. The molecule has 0 radical (unpaired) electrons. The summed E-state index contributed by atoms with van der Waals surface area (Å²) in [6.45, 7) is 4.66. The molecule has 1 aliphatic rings. The fourth-order valence-corrected chi connectivity index (χ4v) is 3.18. The van der Waals surface area contributed by atoms with Gasteiger partial charge in [0.05, 0.1) is 6.04 Å². The molecule has 128 valence electrons. The lowest BCUT2D eigenvalue weighted by atomic mass is 9.93. The van der Waals surface area contributed by atoms with Crippen LogP contribution < -0.4 is 10.5 Å². The molecule has 23 heavy (non-hydrogen) atoms. The van der Waals surface area contributed by atoms with Crippen LogP contribution in [0.1, 0.15) is 56.7 Å². The zero-order valence-electron chi connectivity index (χ0n) is 14.1. The van der Waals surface area contributed by atoms with Gasteiger partial charge in [-0.3, -0.25) is 10.5 Å². The predicted molar refractivity (Wildman–Crippen MR) is 90.1 cm³/mol. The monoisotopic (exact) mass is 320 g/mol. The van der Waals surface area contributed by atoms with Gasteiger partial charge in [0.25, 0.3) is 0 Å². The normalized spacial score (nSPS) is 18.4. The van der Waals surface area contributed by atoms with E-state index in [0.29, 0.717) is 0 Å². The summed E-state index contributed by atoms with van der Waals surface area (Å²) in [6.07, 6.45) is 4.05. The van der Waals surface area contributed by atoms with E-state index in [-0.39, 0.29) is 24.8 Å². The number of hydrogen-bond acceptors (Lipinski definition) is 4. The summed E-state index contributed by atoms with van der Waals surface area (Å²) in [5.74, 6) is 0.912. The van der Waals surface area contributed by atoms with Gasteiger partial charge in [-0.2, -0.15) is 0 Å². The van der Waals surface area contributed by atoms with E-state index in [0.717, 1.165) is 44.4 Å². The van der Waals surface area contributed by atoms with E-state index in [2.05, 4.69) is 13.0 Å². The van der Waals surface area contributed by atoms with E-state index in [4.69, 9.17) is 15.6 Å². The Morgan fingerprint density at radius 2 is 2.22 bits per heavy atom. The first-order valence-electron chi connectivity index (χ1n) is 8.46. The molecule has 1 amide bonds. The van der Waals surface area contributed by atoms with E-state index >= 15 is 0 Å². The number of aliphatic hydroxyl groups excluding tert-OH is 1. The Morgan fingerprint density at radius 1 is 1.43 bits per heavy atom. The second-order valence-electron chi connectivity index (χ2n) is 6.23. The maximum absolute atomic E-state index is 11.6. The van der Waals surface area contributed by atoms with Crippen LogP contribution >= 0.6 is 0 Å². The molecule has 1 aromatic rings. The van der Waals surface area contributed by atoms with Crippen LogP contribution in [0.2, 0.25) is 0 Å². The molecule has 3 N–H and O–H groups in total. The number of nitrogens with zero attached hydrogens (tertiary/aromatic N) is 1. The first kappa shape index (κ1) is 17.8. The highest BCUT2D eigenvalue weighted by Gasteiger charge is 2.25. The number of unbranched alkanes of at least 4 members (excludes halogenated alkanes) is 2. The van der Waals surface area contributed by atoms with Crippen molar-refractivity contribution >= 4 is 5.91 Å². The van der Waals surface area contributed by atoms with Crippen molar-refractivity contribution in [3.8, 4) is 5.75 Å². The van der Waals surface area contributed by atoms with Gasteiger partial charge in [0, 0.05) is 20.1 Å². The molecule has 2 rings (SSSR count). The molecular formula is C18H28N2O3. The summed E-state index contributed by atoms with van der Waals surface area (Å²) < 4.78 is 5.80. The van der Waals surface area contributed by atoms with Gasteiger partial charge in [0.2, 0.25) is 5.91 Å². The van der Waals surface area contributed by atoms with E-state index in [9.17, 15) is 4.79 Å². The third-order valence-electron chi connectivity index (χ3n) is 4.49. The third-order valence-corrected chi connectivity index (χ3v) is 4.49. The van der Waals surface area contributed by atoms with Crippen molar-refractivity contribution in [1.82, 2.24) is 4.90 Å². The second kappa shape index (κ2) is 8.31. The standard InChI is InChI=1S/C18H28N2O3/c1-13-17-8-7-16(23-18(19)6-4-3-5-11-21)12-15(17)9-10-20(13)14(2)22/h7-8,12-13,18,21H,3-6,9-11,19H2,1-2H3. The van der Waals surface area contributed by atoms with Crippen molar-refractivity contribution < 1.29 is 14.6 Å². The Balaban J connectivity index is 1.95. The van der Waals surface area contributed by atoms with Gasteiger partial charge in [-0.05, 0) is 55.9 Å². The summed E-state index contributed by atoms with van der Waals surface area (Å²) >= 11 is 0. The average Bonchev–Trinajstić information content (AvgIpc) is 2.51. The molecule has 0 aliphatic carbocycles. The number of carbonyl (C=O) groups is 1. The van der Waals surface area contributed by atoms with Crippen molar-refractivity contribution in [2.75, 3.05) is 13.2 Å². The Kier molecular flexibility index (Phi) is 6.42. The van der Waals surface area contributed by atoms with Crippen LogP contribution in [0.5, 0.6) is 5.75 Å². The van der Waals surface area contributed by atoms with Crippen molar-refractivity contribution in [1.29, 1.82) is 0 Å². The fourth-order valence-electron chi connectivity index (χ4n) is 3.18. The average molecular weight is 320 g/mol. The predicted octanol–water partition coefficient (Wildman–Crippen LogP) is 2.37. The van der Waals surface area contributed by atoms with Gasteiger partial charge in [0.1, 0.15) is 12.0 Å². The molecule has 2 atom stereocenters. The minimum atomic E-state index is -0.318. The molecule has 5 nitrogen and oxygen atoms in total. The highest BCUT2D eigenvalue weighted by Crippen LogP contribution is 2.32. The van der Waals surface area contributed by atoms with Crippen molar-refractivity contribution in [3.05, 3.63) is 29.3 Å². The van der Waals surface area contributed by atoms with Crippen molar-refractivity contribution in [2.24, 2.45) is 5.73 Å². The van der Waals surface area contributed by atoms with E-state index in [1.165, 1.54) is 11.1 Å². The Bertz CT molecular complexity index is 533. The molecule has 1 aliphatic heterocycles. The zero-order valence-corrected chi connectivity index (χ0v) is 14.1. The molecule has 0 fully saturated rings. The number of nitrogens with two attached hydrogens (primary N) is 1. The lowest BCUT2D eigenvalue weighted by molar-refractivity contribution is -0.131. The van der Waals surface area contributed by atoms with Crippen LogP contribution in [-0.2, 0) is 11.2 Å². The van der Waals surface area contributed by atoms with Crippen LogP contribution in [0.25, 0.3) is 0 Å². The molecule has 0 saturated carbocycles. The topological polar surface area (TPSA) is 75.8 Å². The summed E-state index contributed by atoms with van der Waals surface area (Å²) in [5, 5.41) is 8.77. The van der Waals surface area contributed by atoms with E-state index < -0.39 is 0 Å². The van der Waals surface area contributed by atoms with Crippen LogP contribution in [0.15, 0.2) is 18.2 Å². The van der Waals surface area contributed by atoms with Gasteiger partial charge in [-0.15, -0.1) is 0 Å². The molecule has 2 unspecified atom stereocenters. The molecule has 0 bridgehead atoms. The fraction of sp³-hybridized carbons (Fsp3) is 0.611. The summed E-state index contributed by atoms with van der Waals surface area (Å²) in [7, 11) is 0. The molecule has 0 saturated heterocycles. The smallest absolute Gasteiger partial charge is 0.219 e. The number of ether oxygens (including phenoxy) is 1. The quantitative estimate of drug-likeness (QED) is 0.597. The molecule has 1 heterocycles. The van der Waals surface area contributed by atoms with Gasteiger partial charge < -0.3 is 14.7 Å². The Hall–Kier alpha value is -1.59. The zero-order chi connectivity index (χ0) is 16.8. The molecule has 0 spiro atoms. The largest absolute Gasteiger partial charge is 0.476 e. The van der Waals surface area contributed by atoms with E-state index in [1.807, 2.05) is 17.0 Å². The maximum atomic E-state index is 11.6.